The fourth-order valence-corrected chi connectivity index (χ4v) is 2.10. The van der Waals surface area contributed by atoms with Crippen molar-refractivity contribution >= 4 is 11.9 Å². The van der Waals surface area contributed by atoms with Gasteiger partial charge in [-0.05, 0) is 39.5 Å². The summed E-state index contributed by atoms with van der Waals surface area (Å²) in [4.78, 5) is 24.6. The van der Waals surface area contributed by atoms with Crippen LogP contribution in [0.1, 0.15) is 40.0 Å². The molecule has 0 bridgehead atoms. The zero-order valence-corrected chi connectivity index (χ0v) is 11.0. The minimum Gasteiger partial charge on any atom is -0.370 e. The SMILES string of the molecule is CC(C)(C)NC(=O)N1CCC[C@@H](CC(N)=O)C1. The molecule has 1 aliphatic rings. The molecule has 98 valence electrons. The maximum Gasteiger partial charge on any atom is 0.317 e. The summed E-state index contributed by atoms with van der Waals surface area (Å²) in [6.45, 7) is 7.25. The second-order valence-electron chi connectivity index (χ2n) is 5.80. The Morgan fingerprint density at radius 1 is 1.41 bits per heavy atom. The number of hydrogen-bond acceptors (Lipinski definition) is 2. The van der Waals surface area contributed by atoms with Crippen LogP contribution in [0, 0.1) is 5.92 Å². The number of primary amides is 1. The van der Waals surface area contributed by atoms with Gasteiger partial charge in [0.05, 0.1) is 0 Å². The summed E-state index contributed by atoms with van der Waals surface area (Å²) in [5.74, 6) is -0.0694. The second-order valence-corrected chi connectivity index (χ2v) is 5.80. The van der Waals surface area contributed by atoms with Gasteiger partial charge in [0.2, 0.25) is 5.91 Å². The van der Waals surface area contributed by atoms with Crippen molar-refractivity contribution in [3.05, 3.63) is 0 Å². The molecule has 0 aromatic carbocycles. The van der Waals surface area contributed by atoms with Crippen molar-refractivity contribution in [2.24, 2.45) is 11.7 Å². The second kappa shape index (κ2) is 5.38. The number of urea groups is 1. The van der Waals surface area contributed by atoms with Crippen LogP contribution in [0.3, 0.4) is 0 Å². The molecule has 1 aliphatic heterocycles. The number of carbonyl (C=O) groups excluding carboxylic acids is 2. The van der Waals surface area contributed by atoms with E-state index in [4.69, 9.17) is 5.73 Å². The Kier molecular flexibility index (Phi) is 4.37. The number of hydrogen-bond donors (Lipinski definition) is 2. The molecular formula is C12H23N3O2. The van der Waals surface area contributed by atoms with E-state index in [9.17, 15) is 9.59 Å². The van der Waals surface area contributed by atoms with Crippen LogP contribution < -0.4 is 11.1 Å². The van der Waals surface area contributed by atoms with Gasteiger partial charge in [0.15, 0.2) is 0 Å². The summed E-state index contributed by atoms with van der Waals surface area (Å²) >= 11 is 0. The monoisotopic (exact) mass is 241 g/mol. The summed E-state index contributed by atoms with van der Waals surface area (Å²) in [6.07, 6.45) is 2.29. The zero-order valence-electron chi connectivity index (χ0n) is 11.0. The van der Waals surface area contributed by atoms with Gasteiger partial charge in [-0.1, -0.05) is 0 Å². The van der Waals surface area contributed by atoms with Crippen LogP contribution >= 0.6 is 0 Å². The van der Waals surface area contributed by atoms with Crippen molar-refractivity contribution in [1.29, 1.82) is 0 Å². The van der Waals surface area contributed by atoms with E-state index in [-0.39, 0.29) is 23.4 Å². The Balaban J connectivity index is 2.49. The first kappa shape index (κ1) is 13.8. The molecule has 3 amide bonds. The predicted octanol–water partition coefficient (Wildman–Crippen LogP) is 1.08. The van der Waals surface area contributed by atoms with Crippen LogP contribution in [0.15, 0.2) is 0 Å². The third kappa shape index (κ3) is 5.06. The fraction of sp³-hybridized carbons (Fsp3) is 0.833. The number of piperidine rings is 1. The van der Waals surface area contributed by atoms with Crippen LogP contribution in [0.5, 0.6) is 0 Å². The summed E-state index contributed by atoms with van der Waals surface area (Å²) < 4.78 is 0. The number of nitrogens with two attached hydrogens (primary N) is 1. The van der Waals surface area contributed by atoms with Crippen molar-refractivity contribution in [1.82, 2.24) is 10.2 Å². The molecular weight excluding hydrogens is 218 g/mol. The molecule has 1 atom stereocenters. The van der Waals surface area contributed by atoms with E-state index >= 15 is 0 Å². The number of amides is 3. The van der Waals surface area contributed by atoms with Crippen molar-refractivity contribution in [3.63, 3.8) is 0 Å². The highest BCUT2D eigenvalue weighted by Gasteiger charge is 2.26. The van der Waals surface area contributed by atoms with Crippen LogP contribution in [0.25, 0.3) is 0 Å². The highest BCUT2D eigenvalue weighted by molar-refractivity contribution is 5.76. The predicted molar refractivity (Wildman–Crippen MR) is 66.4 cm³/mol. The Morgan fingerprint density at radius 2 is 2.06 bits per heavy atom. The molecule has 0 radical (unpaired) electrons. The van der Waals surface area contributed by atoms with E-state index in [1.54, 1.807) is 4.90 Å². The van der Waals surface area contributed by atoms with Gasteiger partial charge in [0.25, 0.3) is 0 Å². The van der Waals surface area contributed by atoms with E-state index < -0.39 is 0 Å². The van der Waals surface area contributed by atoms with Crippen molar-refractivity contribution in [2.45, 2.75) is 45.6 Å². The van der Waals surface area contributed by atoms with Gasteiger partial charge in [-0.2, -0.15) is 0 Å². The van der Waals surface area contributed by atoms with Gasteiger partial charge in [-0.15, -0.1) is 0 Å². The molecule has 0 unspecified atom stereocenters. The Morgan fingerprint density at radius 3 is 2.59 bits per heavy atom. The molecule has 0 aromatic rings. The molecule has 5 heteroatoms. The highest BCUT2D eigenvalue weighted by Crippen LogP contribution is 2.19. The molecule has 1 heterocycles. The van der Waals surface area contributed by atoms with Crippen LogP contribution in [-0.2, 0) is 4.79 Å². The average molecular weight is 241 g/mol. The van der Waals surface area contributed by atoms with E-state index in [1.807, 2.05) is 20.8 Å². The van der Waals surface area contributed by atoms with Crippen LogP contribution in [0.2, 0.25) is 0 Å². The van der Waals surface area contributed by atoms with Gasteiger partial charge < -0.3 is 16.0 Å². The minimum absolute atomic E-state index is 0.0494. The smallest absolute Gasteiger partial charge is 0.317 e. The van der Waals surface area contributed by atoms with Gasteiger partial charge in [0, 0.05) is 25.0 Å². The first-order chi connectivity index (χ1) is 7.78. The lowest BCUT2D eigenvalue weighted by Gasteiger charge is -2.34. The summed E-state index contributed by atoms with van der Waals surface area (Å²) in [5.41, 5.74) is 4.96. The summed E-state index contributed by atoms with van der Waals surface area (Å²) in [5, 5.41) is 2.93. The number of nitrogens with zero attached hydrogens (tertiary/aromatic N) is 1. The number of likely N-dealkylation sites (tertiary alicyclic amines) is 1. The molecule has 0 aromatic heterocycles. The molecule has 5 nitrogen and oxygen atoms in total. The lowest BCUT2D eigenvalue weighted by Crippen LogP contribution is -2.51. The van der Waals surface area contributed by atoms with Gasteiger partial charge >= 0.3 is 6.03 Å². The number of nitrogens with one attached hydrogen (secondary N) is 1. The summed E-state index contributed by atoms with van der Waals surface area (Å²) in [7, 11) is 0. The van der Waals surface area contributed by atoms with Gasteiger partial charge in [-0.25, -0.2) is 4.79 Å². The van der Waals surface area contributed by atoms with Crippen molar-refractivity contribution in [2.75, 3.05) is 13.1 Å². The fourth-order valence-electron chi connectivity index (χ4n) is 2.10. The number of carbonyl (C=O) groups is 2. The average Bonchev–Trinajstić information content (AvgIpc) is 2.14. The zero-order chi connectivity index (χ0) is 13.1. The highest BCUT2D eigenvalue weighted by atomic mass is 16.2. The van der Waals surface area contributed by atoms with E-state index in [2.05, 4.69) is 5.32 Å². The number of rotatable bonds is 2. The normalized spacial score (nSPS) is 21.1. The van der Waals surface area contributed by atoms with E-state index in [0.29, 0.717) is 13.0 Å². The standard InChI is InChI=1S/C12H23N3O2/c1-12(2,3)14-11(17)15-6-4-5-9(8-15)7-10(13)16/h9H,4-8H2,1-3H3,(H2,13,16)(H,14,17)/t9-/m0/s1. The molecule has 1 saturated heterocycles. The Bertz CT molecular complexity index is 297. The van der Waals surface area contributed by atoms with E-state index in [0.717, 1.165) is 19.4 Å². The third-order valence-corrected chi connectivity index (χ3v) is 2.78. The van der Waals surface area contributed by atoms with Crippen molar-refractivity contribution < 1.29 is 9.59 Å². The van der Waals surface area contributed by atoms with Crippen molar-refractivity contribution in [3.8, 4) is 0 Å². The molecule has 1 fully saturated rings. The first-order valence-electron chi connectivity index (χ1n) is 6.13. The van der Waals surface area contributed by atoms with E-state index in [1.165, 1.54) is 0 Å². The maximum absolute atomic E-state index is 11.9. The topological polar surface area (TPSA) is 75.4 Å². The lowest BCUT2D eigenvalue weighted by molar-refractivity contribution is -0.119. The molecule has 17 heavy (non-hydrogen) atoms. The van der Waals surface area contributed by atoms with Gasteiger partial charge in [0.1, 0.15) is 0 Å². The van der Waals surface area contributed by atoms with Gasteiger partial charge in [-0.3, -0.25) is 4.79 Å². The largest absolute Gasteiger partial charge is 0.370 e. The quantitative estimate of drug-likeness (QED) is 0.759. The molecule has 0 saturated carbocycles. The van der Waals surface area contributed by atoms with Crippen LogP contribution in [0.4, 0.5) is 4.79 Å². The third-order valence-electron chi connectivity index (χ3n) is 2.78. The Hall–Kier alpha value is -1.26. The maximum atomic E-state index is 11.9. The molecule has 1 rings (SSSR count). The molecule has 3 N–H and O–H groups in total. The summed E-state index contributed by atoms with van der Waals surface area (Å²) in [6, 6.07) is -0.0494. The first-order valence-corrected chi connectivity index (χ1v) is 6.13. The molecule has 0 aliphatic carbocycles. The van der Waals surface area contributed by atoms with Crippen LogP contribution in [-0.4, -0.2) is 35.5 Å². The Labute approximate surface area is 103 Å². The molecule has 0 spiro atoms. The minimum atomic E-state index is -0.284. The lowest BCUT2D eigenvalue weighted by atomic mass is 9.95.